The molecular formula is C16H15NO5S. The Morgan fingerprint density at radius 3 is 2.04 bits per heavy atom. The summed E-state index contributed by atoms with van der Waals surface area (Å²) in [6.45, 7) is 1.69. The average Bonchev–Trinajstić information content (AvgIpc) is 2.48. The van der Waals surface area contributed by atoms with Crippen molar-refractivity contribution in [2.75, 3.05) is 11.6 Å². The zero-order valence-corrected chi connectivity index (χ0v) is 13.3. The number of hydrogen-bond acceptors (Lipinski definition) is 4. The van der Waals surface area contributed by atoms with Crippen LogP contribution in [0.3, 0.4) is 0 Å². The number of aromatic carboxylic acids is 1. The molecular weight excluding hydrogens is 318 g/mol. The second-order valence-electron chi connectivity index (χ2n) is 5.09. The van der Waals surface area contributed by atoms with Gasteiger partial charge in [0.2, 0.25) is 0 Å². The van der Waals surface area contributed by atoms with Gasteiger partial charge in [-0.2, -0.15) is 0 Å². The number of rotatable bonds is 4. The molecule has 7 heteroatoms. The average molecular weight is 333 g/mol. The van der Waals surface area contributed by atoms with E-state index < -0.39 is 21.7 Å². The maximum Gasteiger partial charge on any atom is 0.335 e. The molecule has 0 spiro atoms. The number of hydrogen-bond donors (Lipinski definition) is 2. The Bertz CT molecular complexity index is 870. The first-order valence-electron chi connectivity index (χ1n) is 6.64. The van der Waals surface area contributed by atoms with Crippen LogP contribution >= 0.6 is 0 Å². The lowest BCUT2D eigenvalue weighted by Crippen LogP contribution is -2.13. The molecule has 0 unspecified atom stereocenters. The SMILES string of the molecule is Cc1cc(C(=O)O)ccc1NC(=O)c1ccc(S(C)(=O)=O)cc1. The molecule has 6 nitrogen and oxygen atoms in total. The molecule has 0 fully saturated rings. The molecule has 0 bridgehead atoms. The Labute approximate surface area is 133 Å². The van der Waals surface area contributed by atoms with Crippen LogP contribution in [-0.2, 0) is 9.84 Å². The second-order valence-corrected chi connectivity index (χ2v) is 7.10. The second kappa shape index (κ2) is 6.21. The molecule has 1 amide bonds. The maximum absolute atomic E-state index is 12.2. The van der Waals surface area contributed by atoms with Crippen LogP contribution in [0.2, 0.25) is 0 Å². The van der Waals surface area contributed by atoms with E-state index >= 15 is 0 Å². The van der Waals surface area contributed by atoms with E-state index in [9.17, 15) is 18.0 Å². The van der Waals surface area contributed by atoms with E-state index in [4.69, 9.17) is 5.11 Å². The van der Waals surface area contributed by atoms with Gasteiger partial charge in [-0.3, -0.25) is 4.79 Å². The molecule has 0 aliphatic rings. The van der Waals surface area contributed by atoms with Gasteiger partial charge in [0.05, 0.1) is 10.5 Å². The monoisotopic (exact) mass is 333 g/mol. The predicted octanol–water partition coefficient (Wildman–Crippen LogP) is 2.35. The number of aryl methyl sites for hydroxylation is 1. The van der Waals surface area contributed by atoms with Crippen LogP contribution in [0.4, 0.5) is 5.69 Å². The molecule has 2 aromatic rings. The molecule has 0 saturated carbocycles. The standard InChI is InChI=1S/C16H15NO5S/c1-10-9-12(16(19)20)5-8-14(10)17-15(18)11-3-6-13(7-4-11)23(2,21)22/h3-9H,1-2H3,(H,17,18)(H,19,20). The molecule has 2 aromatic carbocycles. The highest BCUT2D eigenvalue weighted by Gasteiger charge is 2.12. The Morgan fingerprint density at radius 2 is 1.57 bits per heavy atom. The van der Waals surface area contributed by atoms with Crippen LogP contribution in [0.15, 0.2) is 47.4 Å². The van der Waals surface area contributed by atoms with Gasteiger partial charge in [0.15, 0.2) is 9.84 Å². The van der Waals surface area contributed by atoms with Gasteiger partial charge in [-0.15, -0.1) is 0 Å². The molecule has 0 saturated heterocycles. The topological polar surface area (TPSA) is 101 Å². The molecule has 0 radical (unpaired) electrons. The summed E-state index contributed by atoms with van der Waals surface area (Å²) in [6.07, 6.45) is 1.09. The molecule has 120 valence electrons. The number of nitrogens with one attached hydrogen (secondary N) is 1. The Morgan fingerprint density at radius 1 is 1.00 bits per heavy atom. The number of carbonyl (C=O) groups excluding carboxylic acids is 1. The van der Waals surface area contributed by atoms with E-state index in [0.717, 1.165) is 6.26 Å². The number of carboxylic acids is 1. The van der Waals surface area contributed by atoms with Gasteiger partial charge < -0.3 is 10.4 Å². The lowest BCUT2D eigenvalue weighted by molar-refractivity contribution is 0.0696. The van der Waals surface area contributed by atoms with E-state index in [2.05, 4.69) is 5.32 Å². The van der Waals surface area contributed by atoms with Crippen molar-refractivity contribution >= 4 is 27.4 Å². The smallest absolute Gasteiger partial charge is 0.335 e. The van der Waals surface area contributed by atoms with Gasteiger partial charge in [-0.25, -0.2) is 13.2 Å². The minimum Gasteiger partial charge on any atom is -0.478 e. The van der Waals surface area contributed by atoms with Crippen molar-refractivity contribution in [2.45, 2.75) is 11.8 Å². The van der Waals surface area contributed by atoms with Crippen LogP contribution in [0.1, 0.15) is 26.3 Å². The third kappa shape index (κ3) is 3.95. The fourth-order valence-corrected chi connectivity index (χ4v) is 2.62. The molecule has 0 atom stereocenters. The highest BCUT2D eigenvalue weighted by molar-refractivity contribution is 7.90. The van der Waals surface area contributed by atoms with E-state index in [1.165, 1.54) is 42.5 Å². The third-order valence-electron chi connectivity index (χ3n) is 3.27. The first-order valence-corrected chi connectivity index (χ1v) is 8.53. The number of amides is 1. The number of sulfone groups is 1. The summed E-state index contributed by atoms with van der Waals surface area (Å²) in [5.41, 5.74) is 1.55. The van der Waals surface area contributed by atoms with Gasteiger partial charge in [-0.1, -0.05) is 0 Å². The summed E-state index contributed by atoms with van der Waals surface area (Å²) in [6, 6.07) is 9.96. The van der Waals surface area contributed by atoms with Gasteiger partial charge in [-0.05, 0) is 55.0 Å². The van der Waals surface area contributed by atoms with Gasteiger partial charge in [0.1, 0.15) is 0 Å². The zero-order chi connectivity index (χ0) is 17.2. The van der Waals surface area contributed by atoms with Gasteiger partial charge >= 0.3 is 5.97 Å². The van der Waals surface area contributed by atoms with Crippen LogP contribution in [0.25, 0.3) is 0 Å². The van der Waals surface area contributed by atoms with Gasteiger partial charge in [0.25, 0.3) is 5.91 Å². The summed E-state index contributed by atoms with van der Waals surface area (Å²) in [7, 11) is -3.31. The van der Waals surface area contributed by atoms with Crippen LogP contribution < -0.4 is 5.32 Å². The summed E-state index contributed by atoms with van der Waals surface area (Å²) >= 11 is 0. The lowest BCUT2D eigenvalue weighted by atomic mass is 10.1. The Balaban J connectivity index is 2.21. The van der Waals surface area contributed by atoms with E-state index in [1.54, 1.807) is 6.92 Å². The van der Waals surface area contributed by atoms with Gasteiger partial charge in [0, 0.05) is 17.5 Å². The van der Waals surface area contributed by atoms with Crippen LogP contribution in [0.5, 0.6) is 0 Å². The predicted molar refractivity (Wildman–Crippen MR) is 85.6 cm³/mol. The third-order valence-corrected chi connectivity index (χ3v) is 4.39. The Hall–Kier alpha value is -2.67. The molecule has 0 aliphatic heterocycles. The van der Waals surface area contributed by atoms with Crippen molar-refractivity contribution in [1.82, 2.24) is 0 Å². The van der Waals surface area contributed by atoms with Crippen LogP contribution in [-0.4, -0.2) is 31.7 Å². The molecule has 0 heterocycles. The van der Waals surface area contributed by atoms with E-state index in [0.29, 0.717) is 16.8 Å². The molecule has 0 aromatic heterocycles. The van der Waals surface area contributed by atoms with Crippen molar-refractivity contribution in [1.29, 1.82) is 0 Å². The van der Waals surface area contributed by atoms with Crippen LogP contribution in [0, 0.1) is 6.92 Å². The lowest BCUT2D eigenvalue weighted by Gasteiger charge is -2.09. The molecule has 23 heavy (non-hydrogen) atoms. The first kappa shape index (κ1) is 16.7. The molecule has 2 N–H and O–H groups in total. The molecule has 0 aliphatic carbocycles. The highest BCUT2D eigenvalue weighted by atomic mass is 32.2. The van der Waals surface area contributed by atoms with E-state index in [-0.39, 0.29) is 10.5 Å². The van der Waals surface area contributed by atoms with Crippen molar-refractivity contribution in [2.24, 2.45) is 0 Å². The van der Waals surface area contributed by atoms with Crippen molar-refractivity contribution < 1.29 is 23.1 Å². The minimum atomic E-state index is -3.31. The maximum atomic E-state index is 12.2. The highest BCUT2D eigenvalue weighted by Crippen LogP contribution is 2.18. The van der Waals surface area contributed by atoms with Crippen molar-refractivity contribution in [3.8, 4) is 0 Å². The zero-order valence-electron chi connectivity index (χ0n) is 12.5. The summed E-state index contributed by atoms with van der Waals surface area (Å²) in [5, 5.41) is 11.6. The largest absolute Gasteiger partial charge is 0.478 e. The summed E-state index contributed by atoms with van der Waals surface area (Å²) in [4.78, 5) is 23.2. The normalized spacial score (nSPS) is 11.0. The number of carboxylic acid groups (broad SMARTS) is 1. The summed E-state index contributed by atoms with van der Waals surface area (Å²) < 4.78 is 22.8. The fraction of sp³-hybridized carbons (Fsp3) is 0.125. The quantitative estimate of drug-likeness (QED) is 0.894. The number of anilines is 1. The first-order chi connectivity index (χ1) is 10.7. The van der Waals surface area contributed by atoms with Crippen molar-refractivity contribution in [3.63, 3.8) is 0 Å². The van der Waals surface area contributed by atoms with Crippen molar-refractivity contribution in [3.05, 3.63) is 59.2 Å². The number of benzene rings is 2. The number of carbonyl (C=O) groups is 2. The molecule has 2 rings (SSSR count). The fourth-order valence-electron chi connectivity index (χ4n) is 1.98. The minimum absolute atomic E-state index is 0.135. The van der Waals surface area contributed by atoms with E-state index in [1.807, 2.05) is 0 Å². The summed E-state index contributed by atoms with van der Waals surface area (Å²) in [5.74, 6) is -1.45. The Kier molecular flexibility index (Phi) is 4.51.